The highest BCUT2D eigenvalue weighted by Crippen LogP contribution is 2.18. The number of anilines is 1. The Kier molecular flexibility index (Phi) is 4.38. The summed E-state index contributed by atoms with van der Waals surface area (Å²) < 4.78 is 0. The number of alkyl halides is 1. The predicted octanol–water partition coefficient (Wildman–Crippen LogP) is 2.54. The summed E-state index contributed by atoms with van der Waals surface area (Å²) in [7, 11) is 0. The highest BCUT2D eigenvalue weighted by atomic mass is 35.5. The average molecular weight is 240 g/mol. The van der Waals surface area contributed by atoms with Gasteiger partial charge in [-0.15, -0.1) is 11.6 Å². The first kappa shape index (κ1) is 12.6. The van der Waals surface area contributed by atoms with E-state index >= 15 is 0 Å². The normalized spacial score (nSPS) is 12.9. The van der Waals surface area contributed by atoms with Crippen LogP contribution in [0.3, 0.4) is 0 Å². The first-order valence-electron chi connectivity index (χ1n) is 4.92. The summed E-state index contributed by atoms with van der Waals surface area (Å²) in [6.45, 7) is 1.88. The first-order chi connectivity index (χ1) is 7.49. The van der Waals surface area contributed by atoms with Crippen molar-refractivity contribution < 1.29 is 9.90 Å². The minimum atomic E-state index is -0.971. The van der Waals surface area contributed by atoms with Crippen LogP contribution in [0.5, 0.6) is 0 Å². The molecule has 0 radical (unpaired) electrons. The van der Waals surface area contributed by atoms with E-state index in [2.05, 4.69) is 0 Å². The molecule has 1 rings (SSSR count). The number of carbonyl (C=O) groups is 1. The van der Waals surface area contributed by atoms with Gasteiger partial charge in [0.15, 0.2) is 0 Å². The summed E-state index contributed by atoms with van der Waals surface area (Å²) in [5, 5.41) is 8.55. The number of carboxylic acid groups (broad SMARTS) is 1. The number of rotatable bonds is 4. The molecular weight excluding hydrogens is 226 g/mol. The smallest absolute Gasteiger partial charge is 0.328 e. The summed E-state index contributed by atoms with van der Waals surface area (Å²) in [5.41, 5.74) is 8.12. The number of aliphatic carboxylic acids is 1. The van der Waals surface area contributed by atoms with Gasteiger partial charge in [-0.3, -0.25) is 0 Å². The quantitative estimate of drug-likeness (QED) is 0.482. The van der Waals surface area contributed by atoms with Crippen molar-refractivity contribution >= 4 is 29.3 Å². The molecule has 0 aliphatic heterocycles. The van der Waals surface area contributed by atoms with Crippen LogP contribution in [-0.4, -0.2) is 16.5 Å². The van der Waals surface area contributed by atoms with E-state index in [1.807, 2.05) is 13.0 Å². The number of halogens is 1. The van der Waals surface area contributed by atoms with E-state index in [1.54, 1.807) is 18.2 Å². The zero-order valence-corrected chi connectivity index (χ0v) is 9.74. The van der Waals surface area contributed by atoms with Gasteiger partial charge in [0.05, 0.1) is 0 Å². The molecule has 0 spiro atoms. The van der Waals surface area contributed by atoms with Crippen molar-refractivity contribution in [1.29, 1.82) is 0 Å². The van der Waals surface area contributed by atoms with Gasteiger partial charge < -0.3 is 10.8 Å². The van der Waals surface area contributed by atoms with Gasteiger partial charge in [-0.1, -0.05) is 6.07 Å². The van der Waals surface area contributed by atoms with Crippen LogP contribution in [0.2, 0.25) is 0 Å². The Hall–Kier alpha value is -1.48. The van der Waals surface area contributed by atoms with Crippen LogP contribution in [0.25, 0.3) is 6.08 Å². The lowest BCUT2D eigenvalue weighted by molar-refractivity contribution is -0.131. The molecule has 0 saturated carbocycles. The van der Waals surface area contributed by atoms with Crippen molar-refractivity contribution in [3.05, 3.63) is 35.4 Å². The molecule has 1 unspecified atom stereocenters. The fraction of sp³-hybridized carbons (Fsp3) is 0.250. The van der Waals surface area contributed by atoms with E-state index in [4.69, 9.17) is 22.4 Å². The largest absolute Gasteiger partial charge is 0.478 e. The molecule has 0 amide bonds. The van der Waals surface area contributed by atoms with Crippen LogP contribution in [0.1, 0.15) is 18.1 Å². The Morgan fingerprint density at radius 2 is 2.31 bits per heavy atom. The molecule has 16 heavy (non-hydrogen) atoms. The second-order valence-corrected chi connectivity index (χ2v) is 4.36. The molecule has 0 heterocycles. The summed E-state index contributed by atoms with van der Waals surface area (Å²) in [4.78, 5) is 10.4. The molecule has 0 aliphatic carbocycles. The lowest BCUT2D eigenvalue weighted by atomic mass is 10.0. The lowest BCUT2D eigenvalue weighted by Gasteiger charge is -2.08. The molecule has 0 saturated heterocycles. The molecule has 4 heteroatoms. The zero-order chi connectivity index (χ0) is 12.1. The van der Waals surface area contributed by atoms with Crippen molar-refractivity contribution in [2.75, 3.05) is 5.73 Å². The van der Waals surface area contributed by atoms with E-state index in [-0.39, 0.29) is 5.38 Å². The number of hydrogen-bond acceptors (Lipinski definition) is 2. The average Bonchev–Trinajstić information content (AvgIpc) is 2.15. The third-order valence-corrected chi connectivity index (χ3v) is 2.23. The maximum atomic E-state index is 10.4. The molecule has 3 N–H and O–H groups in total. The van der Waals surface area contributed by atoms with Crippen LogP contribution in [0.15, 0.2) is 24.3 Å². The molecule has 1 aromatic rings. The lowest BCUT2D eigenvalue weighted by Crippen LogP contribution is -2.01. The third kappa shape index (κ3) is 3.95. The van der Waals surface area contributed by atoms with Gasteiger partial charge in [-0.05, 0) is 42.7 Å². The second-order valence-electron chi connectivity index (χ2n) is 3.61. The summed E-state index contributed by atoms with van der Waals surface area (Å²) in [5.74, 6) is -0.971. The Bertz CT molecular complexity index is 413. The molecule has 86 valence electrons. The molecule has 0 aliphatic rings. The summed E-state index contributed by atoms with van der Waals surface area (Å²) >= 11 is 5.92. The monoisotopic (exact) mass is 239 g/mol. The summed E-state index contributed by atoms with van der Waals surface area (Å²) in [6.07, 6.45) is 3.32. The van der Waals surface area contributed by atoms with Crippen LogP contribution in [-0.2, 0) is 11.2 Å². The van der Waals surface area contributed by atoms with Crippen molar-refractivity contribution in [2.24, 2.45) is 0 Å². The molecule has 0 aromatic heterocycles. The fourth-order valence-electron chi connectivity index (χ4n) is 1.43. The fourth-order valence-corrected chi connectivity index (χ4v) is 1.60. The minimum Gasteiger partial charge on any atom is -0.478 e. The van der Waals surface area contributed by atoms with Gasteiger partial charge in [-0.25, -0.2) is 4.79 Å². The van der Waals surface area contributed by atoms with Crippen molar-refractivity contribution in [1.82, 2.24) is 0 Å². The Labute approximate surface area is 99.5 Å². The molecule has 1 atom stereocenters. The van der Waals surface area contributed by atoms with Gasteiger partial charge in [0.25, 0.3) is 0 Å². The Morgan fingerprint density at radius 3 is 2.88 bits per heavy atom. The van der Waals surface area contributed by atoms with E-state index in [9.17, 15) is 4.79 Å². The van der Waals surface area contributed by atoms with Crippen molar-refractivity contribution in [3.63, 3.8) is 0 Å². The van der Waals surface area contributed by atoms with E-state index < -0.39 is 5.97 Å². The van der Waals surface area contributed by atoms with Crippen LogP contribution in [0, 0.1) is 0 Å². The van der Waals surface area contributed by atoms with Gasteiger partial charge >= 0.3 is 5.97 Å². The van der Waals surface area contributed by atoms with E-state index in [0.29, 0.717) is 12.1 Å². The molecule has 1 aromatic carbocycles. The Morgan fingerprint density at radius 1 is 1.62 bits per heavy atom. The Balaban J connectivity index is 3.02. The number of hydrogen-bond donors (Lipinski definition) is 2. The number of nitrogens with two attached hydrogens (primary N) is 1. The highest BCUT2D eigenvalue weighted by Gasteiger charge is 2.04. The van der Waals surface area contributed by atoms with E-state index in [0.717, 1.165) is 17.2 Å². The number of carboxylic acids is 1. The SMILES string of the molecule is CC(Cl)Cc1cc(N)ccc1/C=C/C(=O)O. The van der Waals surface area contributed by atoms with Gasteiger partial charge in [0, 0.05) is 17.1 Å². The van der Waals surface area contributed by atoms with Crippen LogP contribution >= 0.6 is 11.6 Å². The van der Waals surface area contributed by atoms with Gasteiger partial charge in [0.2, 0.25) is 0 Å². The topological polar surface area (TPSA) is 63.3 Å². The second kappa shape index (κ2) is 5.56. The van der Waals surface area contributed by atoms with Gasteiger partial charge in [-0.2, -0.15) is 0 Å². The van der Waals surface area contributed by atoms with Crippen LogP contribution in [0.4, 0.5) is 5.69 Å². The van der Waals surface area contributed by atoms with Crippen LogP contribution < -0.4 is 5.73 Å². The first-order valence-corrected chi connectivity index (χ1v) is 5.36. The maximum Gasteiger partial charge on any atom is 0.328 e. The standard InChI is InChI=1S/C12H14ClNO2/c1-8(13)6-10-7-11(14)4-2-9(10)3-5-12(15)16/h2-5,7-8H,6,14H2,1H3,(H,15,16)/b5-3+. The highest BCUT2D eigenvalue weighted by molar-refractivity contribution is 6.20. The van der Waals surface area contributed by atoms with E-state index in [1.165, 1.54) is 0 Å². The molecular formula is C12H14ClNO2. The summed E-state index contributed by atoms with van der Waals surface area (Å²) in [6, 6.07) is 5.35. The third-order valence-electron chi connectivity index (χ3n) is 2.07. The molecule has 0 fully saturated rings. The number of benzene rings is 1. The zero-order valence-electron chi connectivity index (χ0n) is 8.98. The molecule has 0 bridgehead atoms. The van der Waals surface area contributed by atoms with Crippen molar-refractivity contribution in [2.45, 2.75) is 18.7 Å². The molecule has 3 nitrogen and oxygen atoms in total. The maximum absolute atomic E-state index is 10.4. The number of nitrogen functional groups attached to an aromatic ring is 1. The predicted molar refractivity (Wildman–Crippen MR) is 66.5 cm³/mol. The van der Waals surface area contributed by atoms with Gasteiger partial charge in [0.1, 0.15) is 0 Å². The minimum absolute atomic E-state index is 0.0150. The van der Waals surface area contributed by atoms with Crippen molar-refractivity contribution in [3.8, 4) is 0 Å².